The average molecular weight is 1840 g/mol. The highest BCUT2D eigenvalue weighted by molar-refractivity contribution is 8.44. The molecule has 6 saturated heterocycles. The quantitative estimate of drug-likeness (QED) is 0.0163. The Morgan fingerprint density at radius 3 is 0.795 bits per heavy atom. The van der Waals surface area contributed by atoms with Gasteiger partial charge in [0.15, 0.2) is 0 Å². The molecule has 12 heterocycles. The van der Waals surface area contributed by atoms with E-state index in [0.717, 1.165) is 39.8 Å². The van der Waals surface area contributed by atoms with Crippen molar-refractivity contribution in [3.63, 3.8) is 0 Å². The van der Waals surface area contributed by atoms with Crippen LogP contribution in [0.1, 0.15) is 109 Å². The molecule has 0 aromatic carbocycles. The lowest BCUT2D eigenvalue weighted by Gasteiger charge is -2.28. The fourth-order valence-corrected chi connectivity index (χ4v) is 20.8. The second-order valence-corrected chi connectivity index (χ2v) is 41.9. The molecule has 6 aliphatic rings. The van der Waals surface area contributed by atoms with E-state index in [1.165, 1.54) is 66.3 Å². The summed E-state index contributed by atoms with van der Waals surface area (Å²) in [4.78, 5) is 213. The van der Waals surface area contributed by atoms with Crippen molar-refractivity contribution < 1.29 is 108 Å². The van der Waals surface area contributed by atoms with Crippen molar-refractivity contribution in [3.8, 4) is 0 Å². The van der Waals surface area contributed by atoms with E-state index in [2.05, 4.69) is 42.2 Å². The van der Waals surface area contributed by atoms with E-state index < -0.39 is 264 Å². The molecule has 6 aliphatic heterocycles. The zero-order valence-electron chi connectivity index (χ0n) is 61.9. The van der Waals surface area contributed by atoms with Crippen molar-refractivity contribution in [1.29, 1.82) is 0 Å². The van der Waals surface area contributed by atoms with Crippen LogP contribution < -0.4 is 67.5 Å². The van der Waals surface area contributed by atoms with E-state index in [9.17, 15) is 91.9 Å². The first-order valence-corrected chi connectivity index (χ1v) is 48.3. The maximum atomic E-state index is 14.6. The standard InChI is InChI=1S/C60H79N12O35P5S5/c1-25-13-67(55(81)61-49(25)75)43-7-31(74)38(98-43)20-92-108(87,113)104-33-9-45(69-15-27(3)51(77)63-57(69)83)100-40(33)22-94-110(89,115)106-35-11-47(71-17-29(5)53(79)65-59(71)85)102-42(35)24-96-112(91,117)107-36-12-48(72-18-30(6)54(80)66-60(72)86)101-41(36)23-95-111(90,116)105-34-10-46(70-16-28(4)52(78)64-58(70)84)99-39(34)21-93-109(88,114)103-32-8-44(97-37(32)19-73)68-14-26(2)50(76)62-56(68)82/h13-18,31-48,73-74H,7-12,19-24H2,1-6H3,(H,87,113)(H,88,114)(H,89,115)(H,90,116)(H,91,117)(H,61,75,81)(H,62,76,82)(H,63,77,83)(H,64,78,84)(H,65,79,85)(H,66,80,86). The minimum Gasteiger partial charge on any atom is -0.394 e. The summed E-state index contributed by atoms with van der Waals surface area (Å²) in [5.41, 5.74) is -9.29. The highest BCUT2D eigenvalue weighted by Crippen LogP contribution is 2.59. The molecule has 12 N–H and O–H groups in total. The van der Waals surface area contributed by atoms with Crippen LogP contribution in [0.15, 0.2) is 94.7 Å². The van der Waals surface area contributed by atoms with E-state index in [-0.39, 0.29) is 59.1 Å². The van der Waals surface area contributed by atoms with Crippen LogP contribution in [0.5, 0.6) is 0 Å². The number of rotatable bonds is 32. The van der Waals surface area contributed by atoms with Crippen LogP contribution in [0.25, 0.3) is 0 Å². The van der Waals surface area contributed by atoms with Crippen LogP contribution in [-0.4, -0.2) is 200 Å². The molecular formula is C60H79N12O35P5S5. The predicted octanol–water partition coefficient (Wildman–Crippen LogP) is -1.87. The minimum atomic E-state index is -4.82. The summed E-state index contributed by atoms with van der Waals surface area (Å²) >= 11 is 26.1. The summed E-state index contributed by atoms with van der Waals surface area (Å²) in [5.74, 6) is 0. The number of ether oxygens (including phenoxy) is 6. The Balaban J connectivity index is 0.739. The predicted molar refractivity (Wildman–Crippen MR) is 417 cm³/mol. The van der Waals surface area contributed by atoms with Crippen LogP contribution in [0.2, 0.25) is 0 Å². The molecule has 644 valence electrons. The van der Waals surface area contributed by atoms with Gasteiger partial charge < -0.3 is 94.4 Å². The van der Waals surface area contributed by atoms with E-state index in [1.807, 2.05) is 0 Å². The minimum absolute atomic E-state index is 0.0298. The summed E-state index contributed by atoms with van der Waals surface area (Å²) in [6.45, 7) is -19.3. The van der Waals surface area contributed by atoms with Crippen LogP contribution >= 0.6 is 45.9 Å². The highest BCUT2D eigenvalue weighted by atomic mass is 32.7. The third-order valence-electron chi connectivity index (χ3n) is 19.4. The topological polar surface area (TPSA) is 615 Å². The van der Waals surface area contributed by atoms with Gasteiger partial charge in [0.2, 0.25) is 0 Å². The second kappa shape index (κ2) is 36.4. The molecule has 57 heteroatoms. The van der Waals surface area contributed by atoms with Gasteiger partial charge in [-0.1, -0.05) is 12.2 Å². The van der Waals surface area contributed by atoms with E-state index in [0.29, 0.717) is 0 Å². The number of thiol groups is 1. The molecule has 0 amide bonds. The Bertz CT molecular complexity index is 5810. The summed E-state index contributed by atoms with van der Waals surface area (Å²) in [6.07, 6.45) is -19.3. The molecule has 117 heavy (non-hydrogen) atoms. The molecule has 23 atom stereocenters. The van der Waals surface area contributed by atoms with Gasteiger partial charge in [0.05, 0.1) is 70.2 Å². The van der Waals surface area contributed by atoms with E-state index in [1.54, 1.807) is 0 Å². The summed E-state index contributed by atoms with van der Waals surface area (Å²) in [6, 6.07) is 0. The van der Waals surface area contributed by atoms with Gasteiger partial charge in [0, 0.05) is 109 Å². The lowest BCUT2D eigenvalue weighted by Crippen LogP contribution is -2.33. The number of nitrogens with one attached hydrogen (secondary N) is 6. The van der Waals surface area contributed by atoms with Crippen molar-refractivity contribution >= 4 is 93.1 Å². The van der Waals surface area contributed by atoms with Crippen molar-refractivity contribution in [2.75, 3.05) is 39.6 Å². The molecule has 6 aromatic rings. The molecule has 0 bridgehead atoms. The SMILES string of the molecule is Cc1cn(C2CC(O)C(COP(O)(=S)OC3CC(n4cc(C)c(=O)[nH]c4=O)OC3COP(O)(=S)OC3CC(n4cc(C)c(=O)[nH]c4=O)OC3COP(O)(=S)OC3CC(n4cc(C)c(=O)[nH]c4=O)OC3COP(=O)(S)OC3CC(n4cc(C)c(=O)[nH]c4=O)OC3COP(O)(=S)OC3CC(n4cc(C)c(=O)[nH]c4=O)OC3CO)O2)c(=O)[nH]c1=O. The largest absolute Gasteiger partial charge is 0.394 e. The second-order valence-electron chi connectivity index (χ2n) is 27.9. The maximum Gasteiger partial charge on any atom is 0.386 e. The van der Waals surface area contributed by atoms with Gasteiger partial charge in [-0.15, -0.1) is 0 Å². The first kappa shape index (κ1) is 90.6. The smallest absolute Gasteiger partial charge is 0.386 e. The van der Waals surface area contributed by atoms with Gasteiger partial charge in [-0.05, 0) is 88.8 Å². The van der Waals surface area contributed by atoms with Crippen molar-refractivity contribution in [2.24, 2.45) is 0 Å². The van der Waals surface area contributed by atoms with Gasteiger partial charge in [-0.3, -0.25) is 95.1 Å². The first-order chi connectivity index (χ1) is 54.8. The zero-order chi connectivity index (χ0) is 85.0. The first-order valence-electron chi connectivity index (χ1n) is 35.2. The third-order valence-corrected chi connectivity index (χ3v) is 27.4. The van der Waals surface area contributed by atoms with Gasteiger partial charge >= 0.3 is 67.8 Å². The van der Waals surface area contributed by atoms with Crippen molar-refractivity contribution in [2.45, 2.75) is 191 Å². The number of aliphatic hydroxyl groups is 2. The Hall–Kier alpha value is -5.62. The molecule has 0 saturated carbocycles. The number of aromatic amines is 6. The Labute approximate surface area is 680 Å². The molecule has 12 rings (SSSR count). The number of hydrogen-bond donors (Lipinski definition) is 13. The Kier molecular flexibility index (Phi) is 28.2. The monoisotopic (exact) mass is 1840 g/mol. The molecule has 0 aliphatic carbocycles. The van der Waals surface area contributed by atoms with Crippen LogP contribution in [0.4, 0.5) is 0 Å². The summed E-state index contributed by atoms with van der Waals surface area (Å²) < 4.78 is 116. The van der Waals surface area contributed by atoms with Crippen LogP contribution in [0, 0.1) is 41.5 Å². The van der Waals surface area contributed by atoms with Gasteiger partial charge in [-0.2, -0.15) is 0 Å². The Morgan fingerprint density at radius 1 is 0.350 bits per heavy atom. The van der Waals surface area contributed by atoms with Crippen molar-refractivity contribution in [1.82, 2.24) is 57.3 Å². The molecule has 6 fully saturated rings. The number of hydrogen-bond acceptors (Lipinski definition) is 35. The molecule has 0 radical (unpaired) electrons. The third kappa shape index (κ3) is 21.9. The van der Waals surface area contributed by atoms with E-state index >= 15 is 0 Å². The molecule has 0 spiro atoms. The summed E-state index contributed by atoms with van der Waals surface area (Å²) in [7, 11) is 0. The van der Waals surface area contributed by atoms with Gasteiger partial charge in [-0.25, -0.2) is 33.3 Å². The number of aryl methyl sites for hydroxylation is 6. The number of nitrogens with zero attached hydrogens (tertiary/aromatic N) is 6. The van der Waals surface area contributed by atoms with Gasteiger partial charge in [0.1, 0.15) is 80.1 Å². The molecule has 47 nitrogen and oxygen atoms in total. The van der Waals surface area contributed by atoms with Gasteiger partial charge in [0.25, 0.3) is 33.4 Å². The fraction of sp³-hybridized carbons (Fsp3) is 0.600. The van der Waals surface area contributed by atoms with Crippen LogP contribution in [0.3, 0.4) is 0 Å². The number of aromatic nitrogens is 12. The maximum absolute atomic E-state index is 14.6. The van der Waals surface area contributed by atoms with Crippen LogP contribution in [-0.2, 0) is 125 Å². The van der Waals surface area contributed by atoms with Crippen molar-refractivity contribution in [3.05, 3.63) is 196 Å². The summed E-state index contributed by atoms with van der Waals surface area (Å²) in [5, 5.41) is 21.2. The fourth-order valence-electron chi connectivity index (χ4n) is 13.4. The lowest BCUT2D eigenvalue weighted by atomic mass is 10.2. The molecular weight excluding hydrogens is 1760 g/mol. The molecule has 6 aromatic heterocycles. The van der Waals surface area contributed by atoms with E-state index in [4.69, 9.17) is 121 Å². The highest BCUT2D eigenvalue weighted by Gasteiger charge is 2.50. The number of aliphatic hydroxyl groups excluding tert-OH is 2. The average Bonchev–Trinajstić information content (AvgIpc) is 1.67. The number of H-pyrrole nitrogens is 6. The molecule has 23 unspecified atom stereocenters. The lowest BCUT2D eigenvalue weighted by molar-refractivity contribution is -0.0577. The normalized spacial score (nSPS) is 30.0. The Morgan fingerprint density at radius 2 is 0.547 bits per heavy atom. The zero-order valence-corrected chi connectivity index (χ0v) is 70.5.